The molecule has 0 aromatic carbocycles. The van der Waals surface area contributed by atoms with E-state index in [9.17, 15) is 4.79 Å². The molecule has 7 heteroatoms. The molecule has 7 nitrogen and oxygen atoms in total. The number of rotatable bonds is 7. The van der Waals surface area contributed by atoms with Gasteiger partial charge in [0.2, 0.25) is 5.71 Å². The fraction of sp³-hybridized carbons (Fsp3) is 0.650. The third kappa shape index (κ3) is 4.40. The number of hydrogen-bond acceptors (Lipinski definition) is 7. The topological polar surface area (TPSA) is 80.5 Å². The first kappa shape index (κ1) is 19.6. The molecule has 3 rings (SSSR count). The molecule has 1 saturated heterocycles. The Labute approximate surface area is 160 Å². The van der Waals surface area contributed by atoms with Crippen molar-refractivity contribution in [2.24, 2.45) is 0 Å². The first-order chi connectivity index (χ1) is 13.0. The number of likely N-dealkylation sites (tertiary alicyclic amines) is 1. The number of fused-ring (bicyclic) bond motifs is 1. The van der Waals surface area contributed by atoms with Crippen molar-refractivity contribution < 1.29 is 13.9 Å². The summed E-state index contributed by atoms with van der Waals surface area (Å²) in [5, 5.41) is 4.00. The fourth-order valence-corrected chi connectivity index (χ4v) is 3.77. The molecule has 0 unspecified atom stereocenters. The molecule has 27 heavy (non-hydrogen) atoms. The highest BCUT2D eigenvalue weighted by Gasteiger charge is 2.24. The maximum Gasteiger partial charge on any atom is 0.342 e. The van der Waals surface area contributed by atoms with E-state index in [1.165, 1.54) is 25.8 Å². The van der Waals surface area contributed by atoms with Crippen molar-refractivity contribution in [1.29, 1.82) is 0 Å². The smallest absolute Gasteiger partial charge is 0.342 e. The monoisotopic (exact) mass is 374 g/mol. The second kappa shape index (κ2) is 8.69. The summed E-state index contributed by atoms with van der Waals surface area (Å²) in [5.74, 6) is 1.36. The summed E-state index contributed by atoms with van der Waals surface area (Å²) in [5.41, 5.74) is 0.842. The SMILES string of the molecule is CCOC(=O)c1c(C)oc2nc(C)nc(NCCCN3CCCC[C@H]3C)c12. The highest BCUT2D eigenvalue weighted by atomic mass is 16.5. The number of anilines is 1. The highest BCUT2D eigenvalue weighted by molar-refractivity contribution is 6.07. The zero-order valence-electron chi connectivity index (χ0n) is 16.8. The Kier molecular flexibility index (Phi) is 6.31. The Morgan fingerprint density at radius 2 is 2.15 bits per heavy atom. The van der Waals surface area contributed by atoms with E-state index in [4.69, 9.17) is 9.15 Å². The van der Waals surface area contributed by atoms with Crippen molar-refractivity contribution in [3.05, 3.63) is 17.1 Å². The van der Waals surface area contributed by atoms with Crippen molar-refractivity contribution in [3.63, 3.8) is 0 Å². The van der Waals surface area contributed by atoms with Crippen LogP contribution < -0.4 is 5.32 Å². The molecule has 2 aromatic rings. The van der Waals surface area contributed by atoms with E-state index in [1.807, 2.05) is 6.92 Å². The van der Waals surface area contributed by atoms with Crippen LogP contribution in [0.15, 0.2) is 4.42 Å². The Morgan fingerprint density at radius 3 is 2.89 bits per heavy atom. The molecule has 0 bridgehead atoms. The minimum atomic E-state index is -0.397. The van der Waals surface area contributed by atoms with Crippen LogP contribution in [0.1, 0.15) is 61.5 Å². The largest absolute Gasteiger partial charge is 0.462 e. The second-order valence-electron chi connectivity index (χ2n) is 7.21. The summed E-state index contributed by atoms with van der Waals surface area (Å²) < 4.78 is 10.9. The van der Waals surface area contributed by atoms with Crippen LogP contribution in [0, 0.1) is 13.8 Å². The number of aromatic nitrogens is 2. The maximum atomic E-state index is 12.4. The molecule has 0 radical (unpaired) electrons. The van der Waals surface area contributed by atoms with E-state index in [0.29, 0.717) is 46.7 Å². The van der Waals surface area contributed by atoms with Crippen LogP contribution in [0.5, 0.6) is 0 Å². The molecule has 0 spiro atoms. The average molecular weight is 374 g/mol. The maximum absolute atomic E-state index is 12.4. The number of furan rings is 1. The summed E-state index contributed by atoms with van der Waals surface area (Å²) in [7, 11) is 0. The van der Waals surface area contributed by atoms with Crippen molar-refractivity contribution in [2.75, 3.05) is 31.6 Å². The number of nitrogens with one attached hydrogen (secondary N) is 1. The zero-order chi connectivity index (χ0) is 19.4. The molecule has 3 heterocycles. The lowest BCUT2D eigenvalue weighted by molar-refractivity contribution is 0.0526. The molecule has 1 aliphatic heterocycles. The molecule has 0 saturated carbocycles. The summed E-state index contributed by atoms with van der Waals surface area (Å²) in [6.45, 7) is 11.0. The van der Waals surface area contributed by atoms with Gasteiger partial charge in [-0.1, -0.05) is 6.42 Å². The van der Waals surface area contributed by atoms with Crippen LogP contribution in [0.25, 0.3) is 11.1 Å². The first-order valence-electron chi connectivity index (χ1n) is 9.94. The fourth-order valence-electron chi connectivity index (χ4n) is 3.77. The zero-order valence-corrected chi connectivity index (χ0v) is 16.8. The quantitative estimate of drug-likeness (QED) is 0.585. The van der Waals surface area contributed by atoms with Crippen LogP contribution in [-0.4, -0.2) is 53.1 Å². The first-order valence-corrected chi connectivity index (χ1v) is 9.94. The predicted molar refractivity (Wildman–Crippen MR) is 105 cm³/mol. The lowest BCUT2D eigenvalue weighted by Gasteiger charge is -2.33. The van der Waals surface area contributed by atoms with Crippen molar-refractivity contribution in [2.45, 2.75) is 59.4 Å². The van der Waals surface area contributed by atoms with Gasteiger partial charge in [-0.25, -0.2) is 9.78 Å². The van der Waals surface area contributed by atoms with Gasteiger partial charge in [0.05, 0.1) is 12.0 Å². The van der Waals surface area contributed by atoms with Crippen LogP contribution >= 0.6 is 0 Å². The van der Waals surface area contributed by atoms with Crippen LogP contribution in [0.2, 0.25) is 0 Å². The molecule has 1 N–H and O–H groups in total. The Balaban J connectivity index is 1.74. The normalized spacial score (nSPS) is 18.0. The van der Waals surface area contributed by atoms with Gasteiger partial charge in [-0.15, -0.1) is 0 Å². The van der Waals surface area contributed by atoms with E-state index in [1.54, 1.807) is 13.8 Å². The second-order valence-corrected chi connectivity index (χ2v) is 7.21. The lowest BCUT2D eigenvalue weighted by atomic mass is 10.0. The Hall–Kier alpha value is -2.15. The van der Waals surface area contributed by atoms with Gasteiger partial charge < -0.3 is 19.4 Å². The number of esters is 1. The number of aryl methyl sites for hydroxylation is 2. The van der Waals surface area contributed by atoms with E-state index in [-0.39, 0.29) is 0 Å². The van der Waals surface area contributed by atoms with E-state index >= 15 is 0 Å². The van der Waals surface area contributed by atoms with Crippen molar-refractivity contribution in [1.82, 2.24) is 14.9 Å². The molecule has 1 atom stereocenters. The molecular formula is C20H30N4O3. The van der Waals surface area contributed by atoms with E-state index < -0.39 is 5.97 Å². The van der Waals surface area contributed by atoms with Gasteiger partial charge in [0, 0.05) is 19.1 Å². The number of ether oxygens (including phenoxy) is 1. The number of piperidine rings is 1. The lowest BCUT2D eigenvalue weighted by Crippen LogP contribution is -2.38. The molecule has 0 amide bonds. The minimum Gasteiger partial charge on any atom is -0.462 e. The molecule has 2 aromatic heterocycles. The van der Waals surface area contributed by atoms with Crippen molar-refractivity contribution in [3.8, 4) is 0 Å². The van der Waals surface area contributed by atoms with Gasteiger partial charge in [0.25, 0.3) is 0 Å². The van der Waals surface area contributed by atoms with Crippen LogP contribution in [0.3, 0.4) is 0 Å². The predicted octanol–water partition coefficient (Wildman–Crippen LogP) is 3.69. The van der Waals surface area contributed by atoms with E-state index in [0.717, 1.165) is 19.5 Å². The third-order valence-electron chi connectivity index (χ3n) is 5.17. The van der Waals surface area contributed by atoms with Gasteiger partial charge in [-0.05, 0) is 53.5 Å². The Bertz CT molecular complexity index is 802. The standard InChI is InChI=1S/C20H30N4O3/c1-5-26-20(25)16-14(3)27-19-17(16)18(22-15(4)23-19)21-10-8-12-24-11-7-6-9-13(24)2/h13H,5-12H2,1-4H3,(H,21,22,23)/t13-/m1/s1. The molecule has 0 aliphatic carbocycles. The Morgan fingerprint density at radius 1 is 1.33 bits per heavy atom. The summed E-state index contributed by atoms with van der Waals surface area (Å²) in [6.07, 6.45) is 4.93. The minimum absolute atomic E-state index is 0.314. The number of carbonyl (C=O) groups excluding carboxylic acids is 1. The van der Waals surface area contributed by atoms with Gasteiger partial charge in [0.1, 0.15) is 23.0 Å². The van der Waals surface area contributed by atoms with Gasteiger partial charge in [-0.2, -0.15) is 4.98 Å². The van der Waals surface area contributed by atoms with E-state index in [2.05, 4.69) is 27.1 Å². The summed E-state index contributed by atoms with van der Waals surface area (Å²) >= 11 is 0. The average Bonchev–Trinajstić information content (AvgIpc) is 2.96. The molecule has 1 aliphatic rings. The number of carbonyl (C=O) groups is 1. The highest BCUT2D eigenvalue weighted by Crippen LogP contribution is 2.30. The summed E-state index contributed by atoms with van der Waals surface area (Å²) in [6, 6.07) is 0.665. The van der Waals surface area contributed by atoms with Crippen molar-refractivity contribution >= 4 is 22.9 Å². The number of hydrogen-bond donors (Lipinski definition) is 1. The number of nitrogens with zero attached hydrogens (tertiary/aromatic N) is 3. The van der Waals surface area contributed by atoms with Crippen LogP contribution in [0.4, 0.5) is 5.82 Å². The molecule has 148 valence electrons. The molecule has 1 fully saturated rings. The van der Waals surface area contributed by atoms with Gasteiger partial charge in [-0.3, -0.25) is 0 Å². The van der Waals surface area contributed by atoms with Gasteiger partial charge >= 0.3 is 5.97 Å². The third-order valence-corrected chi connectivity index (χ3v) is 5.17. The van der Waals surface area contributed by atoms with Gasteiger partial charge in [0.15, 0.2) is 0 Å². The summed E-state index contributed by atoms with van der Waals surface area (Å²) in [4.78, 5) is 23.8. The van der Waals surface area contributed by atoms with Crippen LogP contribution in [-0.2, 0) is 4.74 Å². The molecular weight excluding hydrogens is 344 g/mol.